The second kappa shape index (κ2) is 7.81. The van der Waals surface area contributed by atoms with Gasteiger partial charge in [-0.25, -0.2) is 15.0 Å². The molecule has 2 aromatic heterocycles. The molecule has 2 aliphatic rings. The summed E-state index contributed by atoms with van der Waals surface area (Å²) in [6, 6.07) is 3.55. The van der Waals surface area contributed by atoms with E-state index in [4.69, 9.17) is 31.0 Å². The van der Waals surface area contributed by atoms with Gasteiger partial charge in [-0.15, -0.1) is 0 Å². The van der Waals surface area contributed by atoms with E-state index in [1.807, 2.05) is 13.0 Å². The van der Waals surface area contributed by atoms with Crippen molar-refractivity contribution in [3.63, 3.8) is 0 Å². The smallest absolute Gasteiger partial charge is 0.214 e. The maximum absolute atomic E-state index is 9.95. The van der Waals surface area contributed by atoms with Crippen molar-refractivity contribution < 1.29 is 14.6 Å². The molecule has 1 N–H and O–H groups in total. The van der Waals surface area contributed by atoms with Crippen molar-refractivity contribution in [2.75, 3.05) is 31.7 Å². The summed E-state index contributed by atoms with van der Waals surface area (Å²) in [5.41, 5.74) is 2.64. The van der Waals surface area contributed by atoms with Crippen LogP contribution in [0.15, 0.2) is 12.1 Å². The fourth-order valence-corrected chi connectivity index (χ4v) is 4.38. The number of aromatic nitrogens is 3. The standard InChI is InChI=1S/C20H25ClN4O3/c1-13-17(14-4-5-16(27-2)24-18(14)21)23-15(12-26)19(22-13)25-9-7-20(8-10-25)6-3-11-28-20/h4-5,26H,3,6-12H2,1-2H3. The predicted octanol–water partition coefficient (Wildman–Crippen LogP) is 3.15. The number of anilines is 1. The van der Waals surface area contributed by atoms with Gasteiger partial charge in [-0.2, -0.15) is 0 Å². The third kappa shape index (κ3) is 3.54. The summed E-state index contributed by atoms with van der Waals surface area (Å²) in [5, 5.41) is 10.2. The number of hydrogen-bond donors (Lipinski definition) is 1. The molecule has 4 rings (SSSR count). The molecule has 2 aromatic rings. The molecule has 0 atom stereocenters. The molecule has 0 unspecified atom stereocenters. The third-order valence-corrected chi connectivity index (χ3v) is 6.01. The molecule has 2 fully saturated rings. The highest BCUT2D eigenvalue weighted by molar-refractivity contribution is 6.32. The predicted molar refractivity (Wildman–Crippen MR) is 107 cm³/mol. The highest BCUT2D eigenvalue weighted by Gasteiger charge is 2.39. The van der Waals surface area contributed by atoms with E-state index >= 15 is 0 Å². The van der Waals surface area contributed by atoms with Crippen LogP contribution < -0.4 is 9.64 Å². The van der Waals surface area contributed by atoms with Gasteiger partial charge in [0.15, 0.2) is 5.82 Å². The Morgan fingerprint density at radius 1 is 1.21 bits per heavy atom. The van der Waals surface area contributed by atoms with Crippen molar-refractivity contribution in [1.82, 2.24) is 15.0 Å². The summed E-state index contributed by atoms with van der Waals surface area (Å²) < 4.78 is 11.1. The van der Waals surface area contributed by atoms with Crippen molar-refractivity contribution in [2.24, 2.45) is 0 Å². The van der Waals surface area contributed by atoms with Crippen molar-refractivity contribution in [3.05, 3.63) is 28.7 Å². The summed E-state index contributed by atoms with van der Waals surface area (Å²) in [6.45, 7) is 4.29. The summed E-state index contributed by atoms with van der Waals surface area (Å²) in [5.74, 6) is 1.18. The van der Waals surface area contributed by atoms with Gasteiger partial charge >= 0.3 is 0 Å². The van der Waals surface area contributed by atoms with Gasteiger partial charge in [-0.3, -0.25) is 0 Å². The van der Waals surface area contributed by atoms with Crippen molar-refractivity contribution in [1.29, 1.82) is 0 Å². The Hall–Kier alpha value is -1.96. The molecule has 8 heteroatoms. The third-order valence-electron chi connectivity index (χ3n) is 5.72. The lowest BCUT2D eigenvalue weighted by Crippen LogP contribution is -2.44. The van der Waals surface area contributed by atoms with Crippen molar-refractivity contribution >= 4 is 17.4 Å². The molecule has 2 saturated heterocycles. The first-order chi connectivity index (χ1) is 13.5. The topological polar surface area (TPSA) is 80.6 Å². The highest BCUT2D eigenvalue weighted by atomic mass is 35.5. The van der Waals surface area contributed by atoms with E-state index in [2.05, 4.69) is 9.88 Å². The van der Waals surface area contributed by atoms with Crippen LogP contribution in [0.1, 0.15) is 37.1 Å². The molecule has 0 saturated carbocycles. The number of rotatable bonds is 4. The van der Waals surface area contributed by atoms with Crippen LogP contribution in [0.3, 0.4) is 0 Å². The lowest BCUT2D eigenvalue weighted by atomic mass is 9.88. The SMILES string of the molecule is COc1ccc(-c2nc(CO)c(N3CCC4(CCCO4)CC3)nc2C)c(Cl)n1. The number of nitrogens with zero attached hydrogens (tertiary/aromatic N) is 4. The molecule has 0 amide bonds. The van der Waals surface area contributed by atoms with Gasteiger partial charge in [0.2, 0.25) is 5.88 Å². The zero-order chi connectivity index (χ0) is 19.7. The largest absolute Gasteiger partial charge is 0.481 e. The Labute approximate surface area is 169 Å². The average Bonchev–Trinajstić information content (AvgIpc) is 3.16. The maximum Gasteiger partial charge on any atom is 0.214 e. The Morgan fingerprint density at radius 3 is 2.61 bits per heavy atom. The quantitative estimate of drug-likeness (QED) is 0.784. The van der Waals surface area contributed by atoms with Gasteiger partial charge in [0.05, 0.1) is 30.7 Å². The van der Waals surface area contributed by atoms with Gasteiger partial charge in [-0.1, -0.05) is 11.6 Å². The van der Waals surface area contributed by atoms with Crippen LogP contribution in [0.4, 0.5) is 5.82 Å². The van der Waals surface area contributed by atoms with Crippen LogP contribution in [-0.2, 0) is 11.3 Å². The Balaban J connectivity index is 1.63. The lowest BCUT2D eigenvalue weighted by Gasteiger charge is -2.39. The van der Waals surface area contributed by atoms with E-state index in [1.54, 1.807) is 13.2 Å². The van der Waals surface area contributed by atoms with Crippen LogP contribution in [0, 0.1) is 6.92 Å². The second-order valence-corrected chi connectivity index (χ2v) is 7.76. The number of aliphatic hydroxyl groups excluding tert-OH is 1. The highest BCUT2D eigenvalue weighted by Crippen LogP contribution is 2.38. The first-order valence-corrected chi connectivity index (χ1v) is 10.0. The molecule has 4 heterocycles. The van der Waals surface area contributed by atoms with Crippen LogP contribution in [-0.4, -0.2) is 52.5 Å². The molecule has 0 radical (unpaired) electrons. The number of ether oxygens (including phenoxy) is 2. The van der Waals surface area contributed by atoms with Gasteiger partial charge < -0.3 is 19.5 Å². The molecule has 150 valence electrons. The number of hydrogen-bond acceptors (Lipinski definition) is 7. The Bertz CT molecular complexity index is 861. The normalized spacial score (nSPS) is 18.6. The number of aryl methyl sites for hydroxylation is 1. The number of piperidine rings is 1. The van der Waals surface area contributed by atoms with Crippen molar-refractivity contribution in [3.8, 4) is 17.1 Å². The molecule has 0 bridgehead atoms. The number of aliphatic hydroxyl groups is 1. The minimum Gasteiger partial charge on any atom is -0.481 e. The zero-order valence-corrected chi connectivity index (χ0v) is 17.0. The van der Waals surface area contributed by atoms with Gasteiger partial charge in [-0.05, 0) is 38.7 Å². The van der Waals surface area contributed by atoms with Crippen LogP contribution >= 0.6 is 11.6 Å². The van der Waals surface area contributed by atoms with E-state index in [0.29, 0.717) is 28.0 Å². The monoisotopic (exact) mass is 404 g/mol. The van der Waals surface area contributed by atoms with Crippen LogP contribution in [0.5, 0.6) is 5.88 Å². The van der Waals surface area contributed by atoms with E-state index in [9.17, 15) is 5.11 Å². The minimum absolute atomic E-state index is 0.0422. The molecule has 0 aromatic carbocycles. The number of methoxy groups -OCH3 is 1. The summed E-state index contributed by atoms with van der Waals surface area (Å²) in [4.78, 5) is 15.9. The molecule has 1 spiro atoms. The van der Waals surface area contributed by atoms with E-state index in [1.165, 1.54) is 0 Å². The molecule has 28 heavy (non-hydrogen) atoms. The Morgan fingerprint density at radius 2 is 2.00 bits per heavy atom. The fraction of sp³-hybridized carbons (Fsp3) is 0.550. The van der Waals surface area contributed by atoms with Gasteiger partial charge in [0.1, 0.15) is 10.8 Å². The summed E-state index contributed by atoms with van der Waals surface area (Å²) >= 11 is 6.32. The minimum atomic E-state index is -0.186. The number of pyridine rings is 1. The first kappa shape index (κ1) is 19.4. The molecule has 7 nitrogen and oxygen atoms in total. The summed E-state index contributed by atoms with van der Waals surface area (Å²) in [7, 11) is 1.54. The van der Waals surface area contributed by atoms with E-state index < -0.39 is 0 Å². The maximum atomic E-state index is 9.95. The second-order valence-electron chi connectivity index (χ2n) is 7.40. The fourth-order valence-electron chi connectivity index (χ4n) is 4.14. The number of halogens is 1. The van der Waals surface area contributed by atoms with Crippen LogP contribution in [0.25, 0.3) is 11.3 Å². The first-order valence-electron chi connectivity index (χ1n) is 9.63. The molecular weight excluding hydrogens is 380 g/mol. The zero-order valence-electron chi connectivity index (χ0n) is 16.2. The van der Waals surface area contributed by atoms with Crippen molar-refractivity contribution in [2.45, 2.75) is 44.8 Å². The molecular formula is C20H25ClN4O3. The van der Waals surface area contributed by atoms with E-state index in [-0.39, 0.29) is 12.2 Å². The Kier molecular flexibility index (Phi) is 5.40. The van der Waals surface area contributed by atoms with Crippen LogP contribution in [0.2, 0.25) is 5.15 Å². The summed E-state index contributed by atoms with van der Waals surface area (Å²) in [6.07, 6.45) is 4.25. The molecule has 2 aliphatic heterocycles. The molecule has 0 aliphatic carbocycles. The van der Waals surface area contributed by atoms with Gasteiger partial charge in [0, 0.05) is 31.3 Å². The van der Waals surface area contributed by atoms with E-state index in [0.717, 1.165) is 56.9 Å². The lowest BCUT2D eigenvalue weighted by molar-refractivity contribution is -0.0147. The average molecular weight is 405 g/mol. The van der Waals surface area contributed by atoms with Gasteiger partial charge in [0.25, 0.3) is 0 Å².